The predicted molar refractivity (Wildman–Crippen MR) is 202 cm³/mol. The van der Waals surface area contributed by atoms with Crippen LogP contribution >= 0.6 is 0 Å². The van der Waals surface area contributed by atoms with Gasteiger partial charge in [0.15, 0.2) is 0 Å². The van der Waals surface area contributed by atoms with E-state index in [9.17, 15) is 0 Å². The van der Waals surface area contributed by atoms with E-state index in [0.29, 0.717) is 0 Å². The van der Waals surface area contributed by atoms with Gasteiger partial charge in [-0.15, -0.1) is 0 Å². The van der Waals surface area contributed by atoms with Crippen LogP contribution in [0.1, 0.15) is 0 Å². The Kier molecular flexibility index (Phi) is 4.54. The molecule has 2 aliphatic heterocycles. The highest BCUT2D eigenvalue weighted by Crippen LogP contribution is 2.49. The van der Waals surface area contributed by atoms with E-state index in [-0.39, 0.29) is 6.85 Å². The first-order valence-corrected chi connectivity index (χ1v) is 16.6. The van der Waals surface area contributed by atoms with Crippen molar-refractivity contribution in [2.45, 2.75) is 0 Å². The van der Waals surface area contributed by atoms with Gasteiger partial charge in [0.05, 0.1) is 0 Å². The SMILES string of the molecule is c1ccc(N2c3cc4cc5ccccc5cc4cc3B3c4c(cccc42)-c2cc4oc5ccccc5c4c4c5ccccc5n3c24)cc1. The van der Waals surface area contributed by atoms with Crippen molar-refractivity contribution >= 4 is 100 Å². The van der Waals surface area contributed by atoms with Crippen molar-refractivity contribution in [3.63, 3.8) is 0 Å². The summed E-state index contributed by atoms with van der Waals surface area (Å²) < 4.78 is 9.25. The van der Waals surface area contributed by atoms with Gasteiger partial charge in [-0.2, -0.15) is 0 Å². The second kappa shape index (κ2) is 8.75. The molecular formula is C44H25BN2O. The fourth-order valence-electron chi connectivity index (χ4n) is 8.97. The van der Waals surface area contributed by atoms with Crippen LogP contribution in [0.3, 0.4) is 0 Å². The van der Waals surface area contributed by atoms with Gasteiger partial charge in [-0.3, -0.25) is 0 Å². The van der Waals surface area contributed by atoms with Crippen LogP contribution < -0.4 is 15.8 Å². The van der Waals surface area contributed by atoms with Crippen LogP contribution in [-0.4, -0.2) is 11.3 Å². The molecular weight excluding hydrogens is 583 g/mol. The number of anilines is 3. The molecule has 4 heterocycles. The largest absolute Gasteiger partial charge is 0.456 e. The second-order valence-electron chi connectivity index (χ2n) is 13.3. The summed E-state index contributed by atoms with van der Waals surface area (Å²) in [6.07, 6.45) is 0. The van der Waals surface area contributed by atoms with Crippen LogP contribution in [0.2, 0.25) is 0 Å². The Morgan fingerprint density at radius 1 is 0.479 bits per heavy atom. The molecule has 2 aromatic heterocycles. The normalized spacial score (nSPS) is 13.3. The molecule has 220 valence electrons. The summed E-state index contributed by atoms with van der Waals surface area (Å²) in [6.45, 7) is -0.00690. The quantitative estimate of drug-likeness (QED) is 0.137. The van der Waals surface area contributed by atoms with Crippen LogP contribution in [0.25, 0.3) is 76.4 Å². The highest BCUT2D eigenvalue weighted by molar-refractivity contribution is 6.90. The maximum absolute atomic E-state index is 6.61. The zero-order chi connectivity index (χ0) is 31.1. The minimum atomic E-state index is -0.00690. The number of nitrogens with zero attached hydrogens (tertiary/aromatic N) is 2. The molecule has 48 heavy (non-hydrogen) atoms. The van der Waals surface area contributed by atoms with Gasteiger partial charge in [-0.25, -0.2) is 0 Å². The topological polar surface area (TPSA) is 21.3 Å². The van der Waals surface area contributed by atoms with Crippen LogP contribution in [0.4, 0.5) is 17.1 Å². The minimum Gasteiger partial charge on any atom is -0.456 e. The number of fused-ring (bicyclic) bond motifs is 13. The Morgan fingerprint density at radius 2 is 1.21 bits per heavy atom. The van der Waals surface area contributed by atoms with Crippen LogP contribution in [0.15, 0.2) is 156 Å². The van der Waals surface area contributed by atoms with Gasteiger partial charge in [-0.1, -0.05) is 97.1 Å². The molecule has 0 radical (unpaired) electrons. The molecule has 0 unspecified atom stereocenters. The number of rotatable bonds is 1. The minimum absolute atomic E-state index is 0.00690. The summed E-state index contributed by atoms with van der Waals surface area (Å²) in [5.74, 6) is 0. The van der Waals surface area contributed by atoms with E-state index in [1.807, 2.05) is 0 Å². The summed E-state index contributed by atoms with van der Waals surface area (Å²) in [6, 6.07) is 55.7. The molecule has 0 fully saturated rings. The first-order valence-electron chi connectivity index (χ1n) is 16.6. The molecule has 0 saturated carbocycles. The predicted octanol–water partition coefficient (Wildman–Crippen LogP) is 10.4. The van der Waals surface area contributed by atoms with E-state index in [0.717, 1.165) is 16.9 Å². The lowest BCUT2D eigenvalue weighted by molar-refractivity contribution is 0.669. The molecule has 0 saturated heterocycles. The van der Waals surface area contributed by atoms with Gasteiger partial charge in [0, 0.05) is 55.2 Å². The summed E-state index contributed by atoms with van der Waals surface area (Å²) >= 11 is 0. The van der Waals surface area contributed by atoms with E-state index >= 15 is 0 Å². The first-order chi connectivity index (χ1) is 23.8. The summed E-state index contributed by atoms with van der Waals surface area (Å²) in [7, 11) is 0. The van der Waals surface area contributed by atoms with Gasteiger partial charge in [0.25, 0.3) is 0 Å². The van der Waals surface area contributed by atoms with E-state index in [2.05, 4.69) is 161 Å². The van der Waals surface area contributed by atoms with E-state index in [1.165, 1.54) is 87.6 Å². The molecule has 0 aliphatic carbocycles. The molecule has 2 aliphatic rings. The average Bonchev–Trinajstić information content (AvgIpc) is 3.68. The number of furan rings is 1. The lowest BCUT2D eigenvalue weighted by Gasteiger charge is -2.40. The fraction of sp³-hybridized carbons (Fsp3) is 0. The molecule has 3 nitrogen and oxygen atoms in total. The molecule has 8 aromatic carbocycles. The van der Waals surface area contributed by atoms with Crippen molar-refractivity contribution in [3.05, 3.63) is 152 Å². The monoisotopic (exact) mass is 608 g/mol. The molecule has 0 atom stereocenters. The highest BCUT2D eigenvalue weighted by Gasteiger charge is 2.43. The zero-order valence-electron chi connectivity index (χ0n) is 25.8. The van der Waals surface area contributed by atoms with Crippen molar-refractivity contribution in [1.29, 1.82) is 0 Å². The Hall–Kier alpha value is -6.26. The zero-order valence-corrected chi connectivity index (χ0v) is 25.8. The van der Waals surface area contributed by atoms with Gasteiger partial charge < -0.3 is 13.8 Å². The number of aromatic nitrogens is 1. The molecule has 0 amide bonds. The Balaban J connectivity index is 1.30. The van der Waals surface area contributed by atoms with Gasteiger partial charge >= 0.3 is 6.85 Å². The van der Waals surface area contributed by atoms with Gasteiger partial charge in [0.2, 0.25) is 0 Å². The molecule has 12 rings (SSSR count). The number of hydrogen-bond acceptors (Lipinski definition) is 2. The van der Waals surface area contributed by atoms with Crippen molar-refractivity contribution in [1.82, 2.24) is 4.48 Å². The molecule has 0 N–H and O–H groups in total. The molecule has 0 spiro atoms. The molecule has 10 aromatic rings. The number of para-hydroxylation sites is 3. The summed E-state index contributed by atoms with van der Waals surface area (Å²) in [5, 5.41) is 9.94. The Labute approximate surface area is 275 Å². The molecule has 4 heteroatoms. The van der Waals surface area contributed by atoms with Crippen LogP contribution in [0, 0.1) is 0 Å². The number of benzene rings is 8. The second-order valence-corrected chi connectivity index (χ2v) is 13.3. The van der Waals surface area contributed by atoms with Gasteiger partial charge in [-0.05, 0) is 92.6 Å². The average molecular weight is 609 g/mol. The van der Waals surface area contributed by atoms with E-state index in [4.69, 9.17) is 4.42 Å². The van der Waals surface area contributed by atoms with Crippen molar-refractivity contribution in [2.24, 2.45) is 0 Å². The summed E-state index contributed by atoms with van der Waals surface area (Å²) in [4.78, 5) is 2.48. The van der Waals surface area contributed by atoms with E-state index < -0.39 is 0 Å². The maximum atomic E-state index is 6.61. The lowest BCUT2D eigenvalue weighted by atomic mass is 9.45. The van der Waals surface area contributed by atoms with Crippen LogP contribution in [0.5, 0.6) is 0 Å². The third kappa shape index (κ3) is 3.01. The molecule has 0 bridgehead atoms. The smallest absolute Gasteiger partial charge is 0.333 e. The Morgan fingerprint density at radius 3 is 2.06 bits per heavy atom. The highest BCUT2D eigenvalue weighted by atomic mass is 16.3. The van der Waals surface area contributed by atoms with Crippen molar-refractivity contribution < 1.29 is 4.42 Å². The van der Waals surface area contributed by atoms with Crippen LogP contribution in [-0.2, 0) is 0 Å². The standard InChI is InChI=1S/C44H25BN2O/c1-2-13-30(14-3-1)46-37-19-10-17-31-34-25-40-41(33-16-7-9-20-39(33)48-40)42-32-15-6-8-18-36(32)47(44(34)42)45(43(31)37)35-23-28-21-26-11-4-5-12-27(26)22-29(28)24-38(35)46/h1-25H. The van der Waals surface area contributed by atoms with E-state index in [1.54, 1.807) is 0 Å². The van der Waals surface area contributed by atoms with Gasteiger partial charge in [0.1, 0.15) is 11.2 Å². The first kappa shape index (κ1) is 24.9. The maximum Gasteiger partial charge on any atom is 0.333 e. The van der Waals surface area contributed by atoms with Crippen molar-refractivity contribution in [2.75, 3.05) is 4.90 Å². The fourth-order valence-corrected chi connectivity index (χ4v) is 8.97. The third-order valence-electron chi connectivity index (χ3n) is 10.9. The number of hydrogen-bond donors (Lipinski definition) is 0. The lowest BCUT2D eigenvalue weighted by Crippen LogP contribution is -2.56. The Bertz CT molecular complexity index is 3030. The van der Waals surface area contributed by atoms with Crippen molar-refractivity contribution in [3.8, 4) is 11.1 Å². The third-order valence-corrected chi connectivity index (χ3v) is 10.9. The summed E-state index contributed by atoms with van der Waals surface area (Å²) in [5.41, 5.74) is 13.1.